The minimum Gasteiger partial charge on any atom is -0.311 e. The lowest BCUT2D eigenvalue weighted by Gasteiger charge is -2.47. The Labute approximate surface area is 122 Å². The van der Waals surface area contributed by atoms with Gasteiger partial charge in [-0.25, -0.2) is 0 Å². The molecule has 0 bridgehead atoms. The van der Waals surface area contributed by atoms with E-state index in [4.69, 9.17) is 11.6 Å². The van der Waals surface area contributed by atoms with Gasteiger partial charge in [-0.2, -0.15) is 0 Å². The maximum absolute atomic E-state index is 6.38. The Morgan fingerprint density at radius 1 is 1.47 bits per heavy atom. The highest BCUT2D eigenvalue weighted by Crippen LogP contribution is 2.27. The molecular weight excluding hydrogens is 256 g/mol. The van der Waals surface area contributed by atoms with Gasteiger partial charge in [0, 0.05) is 36.2 Å². The summed E-state index contributed by atoms with van der Waals surface area (Å²) in [5.41, 5.74) is 2.68. The van der Waals surface area contributed by atoms with Crippen LogP contribution in [0.2, 0.25) is 5.02 Å². The van der Waals surface area contributed by atoms with Gasteiger partial charge in [-0.15, -0.1) is 0 Å². The number of piperazine rings is 1. The Hall–Kier alpha value is -0.570. The number of benzene rings is 1. The molecule has 1 aliphatic rings. The van der Waals surface area contributed by atoms with Crippen molar-refractivity contribution in [2.75, 3.05) is 13.1 Å². The molecule has 0 saturated carbocycles. The average molecular weight is 281 g/mol. The first-order valence-corrected chi connectivity index (χ1v) is 7.56. The van der Waals surface area contributed by atoms with Gasteiger partial charge in [-0.05, 0) is 44.4 Å². The third-order valence-corrected chi connectivity index (χ3v) is 4.77. The van der Waals surface area contributed by atoms with Gasteiger partial charge in [0.1, 0.15) is 0 Å². The van der Waals surface area contributed by atoms with Crippen molar-refractivity contribution in [3.8, 4) is 0 Å². The molecule has 2 atom stereocenters. The van der Waals surface area contributed by atoms with Gasteiger partial charge in [-0.3, -0.25) is 4.90 Å². The van der Waals surface area contributed by atoms with Gasteiger partial charge in [0.05, 0.1) is 0 Å². The molecule has 1 saturated heterocycles. The van der Waals surface area contributed by atoms with Crippen LogP contribution < -0.4 is 5.32 Å². The quantitative estimate of drug-likeness (QED) is 0.910. The number of hydrogen-bond donors (Lipinski definition) is 1. The van der Waals surface area contributed by atoms with Gasteiger partial charge in [-0.1, -0.05) is 30.7 Å². The third-order valence-electron chi connectivity index (χ3n) is 4.42. The molecule has 0 amide bonds. The minimum atomic E-state index is 0.223. The number of nitrogens with one attached hydrogen (secondary N) is 1. The Morgan fingerprint density at radius 3 is 2.84 bits per heavy atom. The molecule has 0 spiro atoms. The van der Waals surface area contributed by atoms with E-state index < -0.39 is 0 Å². The lowest BCUT2D eigenvalue weighted by atomic mass is 9.91. The molecule has 1 fully saturated rings. The van der Waals surface area contributed by atoms with Crippen molar-refractivity contribution in [3.05, 3.63) is 34.3 Å². The predicted octanol–water partition coefficient (Wildman–Crippen LogP) is 3.61. The monoisotopic (exact) mass is 280 g/mol. The number of nitrogens with zero attached hydrogens (tertiary/aromatic N) is 1. The van der Waals surface area contributed by atoms with Crippen molar-refractivity contribution in [3.63, 3.8) is 0 Å². The van der Waals surface area contributed by atoms with E-state index in [2.05, 4.69) is 56.1 Å². The first-order valence-electron chi connectivity index (χ1n) is 7.18. The Morgan fingerprint density at radius 2 is 2.21 bits per heavy atom. The van der Waals surface area contributed by atoms with E-state index in [0.29, 0.717) is 6.04 Å². The van der Waals surface area contributed by atoms with Crippen LogP contribution in [0.15, 0.2) is 18.2 Å². The summed E-state index contributed by atoms with van der Waals surface area (Å²) in [4.78, 5) is 2.57. The van der Waals surface area contributed by atoms with E-state index in [1.54, 1.807) is 0 Å². The van der Waals surface area contributed by atoms with E-state index in [9.17, 15) is 0 Å². The Bertz CT molecular complexity index is 446. The van der Waals surface area contributed by atoms with Crippen LogP contribution in [0, 0.1) is 6.92 Å². The summed E-state index contributed by atoms with van der Waals surface area (Å²) in [6.45, 7) is 12.0. The Kier molecular flexibility index (Phi) is 4.54. The van der Waals surface area contributed by atoms with Gasteiger partial charge in [0.15, 0.2) is 0 Å². The van der Waals surface area contributed by atoms with E-state index in [0.717, 1.165) is 31.1 Å². The average Bonchev–Trinajstić information content (AvgIpc) is 2.37. The largest absolute Gasteiger partial charge is 0.311 e. The van der Waals surface area contributed by atoms with Crippen LogP contribution in [-0.2, 0) is 6.54 Å². The molecule has 2 rings (SSSR count). The fraction of sp³-hybridized carbons (Fsp3) is 0.625. The molecule has 19 heavy (non-hydrogen) atoms. The minimum absolute atomic E-state index is 0.223. The van der Waals surface area contributed by atoms with E-state index in [1.165, 1.54) is 11.1 Å². The first kappa shape index (κ1) is 14.8. The summed E-state index contributed by atoms with van der Waals surface area (Å²) in [6, 6.07) is 6.92. The van der Waals surface area contributed by atoms with Gasteiger partial charge >= 0.3 is 0 Å². The number of hydrogen-bond acceptors (Lipinski definition) is 2. The van der Waals surface area contributed by atoms with E-state index in [-0.39, 0.29) is 5.54 Å². The number of halogens is 1. The standard InChI is InChI=1S/C16H25ClN2/c1-5-16(4)11-18-13(3)9-19(16)10-14-7-6-12(2)8-15(14)17/h6-8,13,18H,5,9-11H2,1-4H3. The Balaban J connectivity index is 2.19. The van der Waals surface area contributed by atoms with Crippen LogP contribution in [0.25, 0.3) is 0 Å². The molecule has 2 unspecified atom stereocenters. The second kappa shape index (κ2) is 5.82. The van der Waals surface area contributed by atoms with Crippen molar-refractivity contribution in [1.82, 2.24) is 10.2 Å². The fourth-order valence-electron chi connectivity index (χ4n) is 2.71. The molecule has 3 heteroatoms. The second-order valence-corrected chi connectivity index (χ2v) is 6.52. The molecule has 1 aromatic carbocycles. The zero-order valence-electron chi connectivity index (χ0n) is 12.5. The molecule has 0 aliphatic carbocycles. The third kappa shape index (κ3) is 3.31. The summed E-state index contributed by atoms with van der Waals surface area (Å²) in [6.07, 6.45) is 1.15. The van der Waals surface area contributed by atoms with E-state index >= 15 is 0 Å². The molecule has 106 valence electrons. The maximum Gasteiger partial charge on any atom is 0.0453 e. The topological polar surface area (TPSA) is 15.3 Å². The highest BCUT2D eigenvalue weighted by atomic mass is 35.5. The summed E-state index contributed by atoms with van der Waals surface area (Å²) in [5, 5.41) is 4.48. The predicted molar refractivity (Wildman–Crippen MR) is 82.8 cm³/mol. The van der Waals surface area contributed by atoms with Crippen molar-refractivity contribution >= 4 is 11.6 Å². The summed E-state index contributed by atoms with van der Waals surface area (Å²) < 4.78 is 0. The van der Waals surface area contributed by atoms with Gasteiger partial charge < -0.3 is 5.32 Å². The second-order valence-electron chi connectivity index (χ2n) is 6.11. The maximum atomic E-state index is 6.38. The molecule has 0 aromatic heterocycles. The molecule has 2 nitrogen and oxygen atoms in total. The van der Waals surface area contributed by atoms with Crippen LogP contribution in [0.3, 0.4) is 0 Å². The fourth-order valence-corrected chi connectivity index (χ4v) is 3.01. The van der Waals surface area contributed by atoms with Gasteiger partial charge in [0.25, 0.3) is 0 Å². The van der Waals surface area contributed by atoms with Crippen LogP contribution in [0.1, 0.15) is 38.3 Å². The molecule has 0 radical (unpaired) electrons. The summed E-state index contributed by atoms with van der Waals surface area (Å²) >= 11 is 6.38. The number of aryl methyl sites for hydroxylation is 1. The summed E-state index contributed by atoms with van der Waals surface area (Å²) in [7, 11) is 0. The highest BCUT2D eigenvalue weighted by molar-refractivity contribution is 6.31. The zero-order chi connectivity index (χ0) is 14.0. The first-order chi connectivity index (χ1) is 8.94. The molecule has 1 aromatic rings. The smallest absolute Gasteiger partial charge is 0.0453 e. The van der Waals surface area contributed by atoms with Gasteiger partial charge in [0.2, 0.25) is 0 Å². The van der Waals surface area contributed by atoms with Crippen LogP contribution in [-0.4, -0.2) is 29.6 Å². The van der Waals surface area contributed by atoms with Crippen molar-refractivity contribution < 1.29 is 0 Å². The molecule has 1 aliphatic heterocycles. The molecule has 1 heterocycles. The van der Waals surface area contributed by atoms with Crippen LogP contribution >= 0.6 is 11.6 Å². The van der Waals surface area contributed by atoms with Crippen molar-refractivity contribution in [2.45, 2.75) is 52.2 Å². The normalized spacial score (nSPS) is 28.6. The lowest BCUT2D eigenvalue weighted by Crippen LogP contribution is -2.61. The van der Waals surface area contributed by atoms with Crippen molar-refractivity contribution in [2.24, 2.45) is 0 Å². The van der Waals surface area contributed by atoms with Crippen LogP contribution in [0.5, 0.6) is 0 Å². The number of rotatable bonds is 3. The zero-order valence-corrected chi connectivity index (χ0v) is 13.2. The van der Waals surface area contributed by atoms with Crippen molar-refractivity contribution in [1.29, 1.82) is 0 Å². The highest BCUT2D eigenvalue weighted by Gasteiger charge is 2.35. The summed E-state index contributed by atoms with van der Waals surface area (Å²) in [5.74, 6) is 0. The molecule has 1 N–H and O–H groups in total. The van der Waals surface area contributed by atoms with Crippen LogP contribution in [0.4, 0.5) is 0 Å². The molecular formula is C16H25ClN2. The van der Waals surface area contributed by atoms with E-state index in [1.807, 2.05) is 0 Å². The SMILES string of the molecule is CCC1(C)CNC(C)CN1Cc1ccc(C)cc1Cl. The lowest BCUT2D eigenvalue weighted by molar-refractivity contribution is 0.0453.